The molecule has 1 fully saturated rings. The molecular weight excluding hydrogens is 226 g/mol. The molecule has 0 bridgehead atoms. The van der Waals surface area contributed by atoms with E-state index in [2.05, 4.69) is 5.32 Å². The Labute approximate surface area is 92.3 Å². The molecule has 1 aliphatic carbocycles. The molecule has 1 aliphatic rings. The van der Waals surface area contributed by atoms with Crippen molar-refractivity contribution in [3.8, 4) is 0 Å². The van der Waals surface area contributed by atoms with Gasteiger partial charge in [0.2, 0.25) is 0 Å². The van der Waals surface area contributed by atoms with Crippen LogP contribution in [-0.4, -0.2) is 38.1 Å². The molecule has 0 aromatic heterocycles. The molecule has 1 saturated carbocycles. The Kier molecular flexibility index (Phi) is 4.55. The first-order valence-corrected chi connectivity index (χ1v) is 5.36. The van der Waals surface area contributed by atoms with E-state index in [1.54, 1.807) is 7.05 Å². The number of halogens is 4. The van der Waals surface area contributed by atoms with Crippen molar-refractivity contribution in [2.75, 3.05) is 20.2 Å². The minimum absolute atomic E-state index is 0.586. The minimum atomic E-state index is -4.04. The predicted octanol–water partition coefficient (Wildman–Crippen LogP) is 2.44. The maximum atomic E-state index is 12.7. The van der Waals surface area contributed by atoms with E-state index in [-0.39, 0.29) is 0 Å². The summed E-state index contributed by atoms with van der Waals surface area (Å²) in [4.78, 5) is 0. The minimum Gasteiger partial charge on any atom is -0.368 e. The highest BCUT2D eigenvalue weighted by Gasteiger charge is 2.45. The number of alkyl halides is 4. The Morgan fingerprint density at radius 3 is 2.38 bits per heavy atom. The first-order valence-electron chi connectivity index (χ1n) is 5.36. The van der Waals surface area contributed by atoms with Crippen LogP contribution in [0.4, 0.5) is 17.6 Å². The molecule has 2 nitrogen and oxygen atoms in total. The molecule has 0 heterocycles. The monoisotopic (exact) mass is 243 g/mol. The van der Waals surface area contributed by atoms with E-state index in [1.807, 2.05) is 0 Å². The van der Waals surface area contributed by atoms with Crippen LogP contribution in [0.15, 0.2) is 0 Å². The van der Waals surface area contributed by atoms with E-state index in [9.17, 15) is 17.6 Å². The highest BCUT2D eigenvalue weighted by molar-refractivity contribution is 4.91. The van der Waals surface area contributed by atoms with Crippen LogP contribution in [0.1, 0.15) is 25.7 Å². The van der Waals surface area contributed by atoms with Gasteiger partial charge >= 0.3 is 12.3 Å². The molecule has 0 amide bonds. The van der Waals surface area contributed by atoms with Crippen molar-refractivity contribution in [3.63, 3.8) is 0 Å². The summed E-state index contributed by atoms with van der Waals surface area (Å²) in [6, 6.07) is 0. The molecule has 96 valence electrons. The van der Waals surface area contributed by atoms with E-state index in [1.165, 1.54) is 0 Å². The second-order valence-electron chi connectivity index (χ2n) is 4.24. The number of rotatable bonds is 7. The van der Waals surface area contributed by atoms with E-state index in [0.29, 0.717) is 25.8 Å². The molecule has 0 aromatic rings. The molecule has 1 N–H and O–H groups in total. The van der Waals surface area contributed by atoms with Gasteiger partial charge in [0.15, 0.2) is 0 Å². The van der Waals surface area contributed by atoms with Crippen molar-refractivity contribution < 1.29 is 22.3 Å². The standard InChI is InChI=1S/C10H17F4NO/c1-15-6-5-9(3-2-4-9)16-7-10(13,14)8(11)12/h8,15H,2-7H2,1H3. The van der Waals surface area contributed by atoms with E-state index in [4.69, 9.17) is 4.74 Å². The third kappa shape index (κ3) is 3.31. The van der Waals surface area contributed by atoms with Crippen LogP contribution in [0.2, 0.25) is 0 Å². The van der Waals surface area contributed by atoms with Gasteiger partial charge < -0.3 is 10.1 Å². The summed E-state index contributed by atoms with van der Waals surface area (Å²) in [5.74, 6) is -4.04. The van der Waals surface area contributed by atoms with Gasteiger partial charge in [0.1, 0.15) is 6.61 Å². The second kappa shape index (κ2) is 5.31. The molecular formula is C10H17F4NO. The van der Waals surface area contributed by atoms with Crippen LogP contribution >= 0.6 is 0 Å². The lowest BCUT2D eigenvalue weighted by Gasteiger charge is -2.42. The quantitative estimate of drug-likeness (QED) is 0.693. The SMILES string of the molecule is CNCCC1(OCC(F)(F)C(F)F)CCC1. The number of ether oxygens (including phenoxy) is 1. The Morgan fingerprint density at radius 2 is 2.00 bits per heavy atom. The van der Waals surface area contributed by atoms with Crippen LogP contribution in [0.3, 0.4) is 0 Å². The Hall–Kier alpha value is -0.360. The van der Waals surface area contributed by atoms with Gasteiger partial charge in [-0.2, -0.15) is 8.78 Å². The fraction of sp³-hybridized carbons (Fsp3) is 1.00. The topological polar surface area (TPSA) is 21.3 Å². The summed E-state index contributed by atoms with van der Waals surface area (Å²) in [7, 11) is 1.75. The van der Waals surface area contributed by atoms with Gasteiger partial charge in [-0.05, 0) is 39.3 Å². The fourth-order valence-corrected chi connectivity index (χ4v) is 1.70. The van der Waals surface area contributed by atoms with Gasteiger partial charge in [-0.15, -0.1) is 0 Å². The van der Waals surface area contributed by atoms with Gasteiger partial charge in [-0.25, -0.2) is 8.78 Å². The van der Waals surface area contributed by atoms with E-state index >= 15 is 0 Å². The molecule has 0 aliphatic heterocycles. The maximum Gasteiger partial charge on any atom is 0.330 e. The van der Waals surface area contributed by atoms with Gasteiger partial charge in [0.25, 0.3) is 0 Å². The van der Waals surface area contributed by atoms with Gasteiger partial charge in [0, 0.05) is 0 Å². The van der Waals surface area contributed by atoms with Crippen LogP contribution in [-0.2, 0) is 4.74 Å². The summed E-state index contributed by atoms with van der Waals surface area (Å²) in [5.41, 5.74) is -0.610. The molecule has 0 saturated heterocycles. The third-order valence-electron chi connectivity index (χ3n) is 2.99. The lowest BCUT2D eigenvalue weighted by molar-refractivity contribution is -0.211. The Morgan fingerprint density at radius 1 is 1.38 bits per heavy atom. The normalized spacial score (nSPS) is 19.9. The number of hydrogen-bond donors (Lipinski definition) is 1. The average molecular weight is 243 g/mol. The first kappa shape index (κ1) is 13.7. The smallest absolute Gasteiger partial charge is 0.330 e. The highest BCUT2D eigenvalue weighted by atomic mass is 19.3. The van der Waals surface area contributed by atoms with Crippen LogP contribution in [0.5, 0.6) is 0 Å². The zero-order valence-electron chi connectivity index (χ0n) is 9.24. The highest BCUT2D eigenvalue weighted by Crippen LogP contribution is 2.39. The predicted molar refractivity (Wildman–Crippen MR) is 52.0 cm³/mol. The maximum absolute atomic E-state index is 12.7. The molecule has 0 spiro atoms. The van der Waals surface area contributed by atoms with Crippen molar-refractivity contribution in [2.45, 2.75) is 43.6 Å². The summed E-state index contributed by atoms with van der Waals surface area (Å²) in [5, 5.41) is 2.90. The van der Waals surface area contributed by atoms with E-state index in [0.717, 1.165) is 6.42 Å². The van der Waals surface area contributed by atoms with Crippen molar-refractivity contribution in [1.82, 2.24) is 5.32 Å². The summed E-state index contributed by atoms with van der Waals surface area (Å²) >= 11 is 0. The van der Waals surface area contributed by atoms with Crippen LogP contribution < -0.4 is 5.32 Å². The molecule has 6 heteroatoms. The lowest BCUT2D eigenvalue weighted by Crippen LogP contribution is -2.46. The average Bonchev–Trinajstić information content (AvgIpc) is 2.15. The van der Waals surface area contributed by atoms with Crippen LogP contribution in [0, 0.1) is 0 Å². The second-order valence-corrected chi connectivity index (χ2v) is 4.24. The lowest BCUT2D eigenvalue weighted by atomic mass is 9.77. The van der Waals surface area contributed by atoms with Crippen LogP contribution in [0.25, 0.3) is 0 Å². The fourth-order valence-electron chi connectivity index (χ4n) is 1.70. The van der Waals surface area contributed by atoms with Gasteiger partial charge in [0.05, 0.1) is 5.60 Å². The summed E-state index contributed by atoms with van der Waals surface area (Å²) < 4.78 is 54.2. The van der Waals surface area contributed by atoms with Crippen molar-refractivity contribution in [3.05, 3.63) is 0 Å². The number of hydrogen-bond acceptors (Lipinski definition) is 2. The van der Waals surface area contributed by atoms with Gasteiger partial charge in [-0.1, -0.05) is 0 Å². The third-order valence-corrected chi connectivity index (χ3v) is 2.99. The number of nitrogens with one attached hydrogen (secondary N) is 1. The Balaban J connectivity index is 2.39. The van der Waals surface area contributed by atoms with Crippen molar-refractivity contribution in [1.29, 1.82) is 0 Å². The largest absolute Gasteiger partial charge is 0.368 e. The molecule has 0 aromatic carbocycles. The first-order chi connectivity index (χ1) is 7.42. The molecule has 16 heavy (non-hydrogen) atoms. The molecule has 1 rings (SSSR count). The zero-order chi connectivity index (χ0) is 12.2. The summed E-state index contributed by atoms with van der Waals surface area (Å²) in [6.07, 6.45) is -0.816. The summed E-state index contributed by atoms with van der Waals surface area (Å²) in [6.45, 7) is -0.547. The molecule has 0 unspecified atom stereocenters. The van der Waals surface area contributed by atoms with Crippen molar-refractivity contribution >= 4 is 0 Å². The van der Waals surface area contributed by atoms with Gasteiger partial charge in [-0.3, -0.25) is 0 Å². The molecule has 0 radical (unpaired) electrons. The van der Waals surface area contributed by atoms with E-state index < -0.39 is 24.6 Å². The van der Waals surface area contributed by atoms with Crippen molar-refractivity contribution in [2.24, 2.45) is 0 Å². The Bertz CT molecular complexity index is 219. The molecule has 0 atom stereocenters. The zero-order valence-corrected chi connectivity index (χ0v) is 9.24.